The molecule has 8 nitrogen and oxygen atoms in total. The van der Waals surface area contributed by atoms with Crippen LogP contribution in [0.4, 0.5) is 5.69 Å². The number of methoxy groups -OCH3 is 1. The first-order valence-corrected chi connectivity index (χ1v) is 9.68. The second-order valence-electron chi connectivity index (χ2n) is 7.47. The van der Waals surface area contributed by atoms with Gasteiger partial charge in [-0.1, -0.05) is 0 Å². The van der Waals surface area contributed by atoms with Crippen LogP contribution in [0.15, 0.2) is 41.5 Å². The van der Waals surface area contributed by atoms with E-state index >= 15 is 0 Å². The number of nitrogens with one attached hydrogen (secondary N) is 1. The van der Waals surface area contributed by atoms with Crippen molar-refractivity contribution in [3.63, 3.8) is 0 Å². The summed E-state index contributed by atoms with van der Waals surface area (Å²) in [6.07, 6.45) is 6.61. The average Bonchev–Trinajstić information content (AvgIpc) is 3.13. The second kappa shape index (κ2) is 7.71. The van der Waals surface area contributed by atoms with Crippen molar-refractivity contribution in [1.82, 2.24) is 14.3 Å². The molecule has 0 spiro atoms. The number of carbonyl (C=O) groups is 1. The molecular formula is C21H24N4O4. The summed E-state index contributed by atoms with van der Waals surface area (Å²) < 4.78 is 8.73. The van der Waals surface area contributed by atoms with Gasteiger partial charge in [0, 0.05) is 30.9 Å². The van der Waals surface area contributed by atoms with Gasteiger partial charge in [0.1, 0.15) is 11.4 Å². The number of fused-ring (bicyclic) bond motifs is 1. The van der Waals surface area contributed by atoms with E-state index in [1.165, 1.54) is 11.7 Å². The van der Waals surface area contributed by atoms with E-state index < -0.39 is 5.91 Å². The number of nitrogens with zero attached hydrogens (tertiary/aromatic N) is 3. The summed E-state index contributed by atoms with van der Waals surface area (Å²) in [4.78, 5) is 25.0. The van der Waals surface area contributed by atoms with Gasteiger partial charge < -0.3 is 19.7 Å². The number of aliphatic hydroxyl groups is 1. The van der Waals surface area contributed by atoms with Crippen molar-refractivity contribution in [3.05, 3.63) is 52.6 Å². The molecule has 8 heteroatoms. The number of rotatable bonds is 4. The molecule has 0 saturated heterocycles. The molecular weight excluding hydrogens is 372 g/mol. The summed E-state index contributed by atoms with van der Waals surface area (Å²) in [6.45, 7) is 0. The van der Waals surface area contributed by atoms with E-state index in [0.717, 1.165) is 36.6 Å². The monoisotopic (exact) mass is 396 g/mol. The summed E-state index contributed by atoms with van der Waals surface area (Å²) in [7, 11) is 3.13. The average molecular weight is 396 g/mol. The van der Waals surface area contributed by atoms with Crippen LogP contribution >= 0.6 is 0 Å². The number of hydrogen-bond donors (Lipinski definition) is 2. The lowest BCUT2D eigenvalue weighted by atomic mass is 9.93. The smallest absolute Gasteiger partial charge is 0.274 e. The lowest BCUT2D eigenvalue weighted by molar-refractivity contribution is 0.102. The van der Waals surface area contributed by atoms with Crippen LogP contribution in [0.3, 0.4) is 0 Å². The third kappa shape index (κ3) is 3.75. The van der Waals surface area contributed by atoms with E-state index in [0.29, 0.717) is 11.3 Å². The van der Waals surface area contributed by atoms with E-state index in [4.69, 9.17) is 4.74 Å². The topological polar surface area (TPSA) is 98.4 Å². The number of pyridine rings is 1. The van der Waals surface area contributed by atoms with Gasteiger partial charge in [0.15, 0.2) is 0 Å². The van der Waals surface area contributed by atoms with Gasteiger partial charge >= 0.3 is 0 Å². The summed E-state index contributed by atoms with van der Waals surface area (Å²) in [5, 5.41) is 17.9. The molecule has 0 bridgehead atoms. The standard InChI is InChI=1S/C21H24N4O4/c1-24-9-3-4-17(21(24)28)22-20(27)16-10-13-12-25(14-5-7-15(26)8-6-14)23-18(13)11-19(16)29-2/h3-4,9-12,14-15,26H,5-8H2,1-2H3,(H,22,27)/t14-,15+. The van der Waals surface area contributed by atoms with E-state index in [1.54, 1.807) is 37.5 Å². The molecule has 2 heterocycles. The highest BCUT2D eigenvalue weighted by molar-refractivity contribution is 6.08. The van der Waals surface area contributed by atoms with Crippen LogP contribution in [0.25, 0.3) is 10.9 Å². The molecule has 3 aromatic rings. The number of ether oxygens (including phenoxy) is 1. The first-order valence-electron chi connectivity index (χ1n) is 9.68. The number of aliphatic hydroxyl groups excluding tert-OH is 1. The molecule has 152 valence electrons. The maximum absolute atomic E-state index is 12.9. The summed E-state index contributed by atoms with van der Waals surface area (Å²) in [5.74, 6) is -0.0207. The zero-order valence-electron chi connectivity index (χ0n) is 16.5. The fraction of sp³-hybridized carbons (Fsp3) is 0.381. The minimum Gasteiger partial charge on any atom is -0.496 e. The van der Waals surface area contributed by atoms with Crippen molar-refractivity contribution in [2.24, 2.45) is 7.05 Å². The molecule has 29 heavy (non-hydrogen) atoms. The highest BCUT2D eigenvalue weighted by atomic mass is 16.5. The summed E-state index contributed by atoms with van der Waals surface area (Å²) >= 11 is 0. The Hall–Kier alpha value is -3.13. The first kappa shape index (κ1) is 19.2. The van der Waals surface area contributed by atoms with Gasteiger partial charge in [-0.05, 0) is 43.9 Å². The Balaban J connectivity index is 1.65. The number of amides is 1. The van der Waals surface area contributed by atoms with Crippen molar-refractivity contribution in [2.45, 2.75) is 37.8 Å². The molecule has 1 amide bonds. The predicted octanol–water partition coefficient (Wildman–Crippen LogP) is 2.47. The number of aryl methyl sites for hydroxylation is 1. The second-order valence-corrected chi connectivity index (χ2v) is 7.47. The SMILES string of the molecule is COc1cc2nn([C@H]3CC[C@@H](O)CC3)cc2cc1C(=O)Nc1cccn(C)c1=O. The number of anilines is 1. The van der Waals surface area contributed by atoms with Crippen LogP contribution in [0, 0.1) is 0 Å². The highest BCUT2D eigenvalue weighted by Crippen LogP contribution is 2.31. The Labute approximate surface area is 167 Å². The number of hydrogen-bond acceptors (Lipinski definition) is 5. The molecule has 1 saturated carbocycles. The van der Waals surface area contributed by atoms with Crippen LogP contribution in [0.1, 0.15) is 42.1 Å². The normalized spacial score (nSPS) is 19.3. The highest BCUT2D eigenvalue weighted by Gasteiger charge is 2.23. The van der Waals surface area contributed by atoms with Gasteiger partial charge in [-0.15, -0.1) is 0 Å². The van der Waals surface area contributed by atoms with Gasteiger partial charge in [-0.25, -0.2) is 0 Å². The molecule has 4 rings (SSSR count). The fourth-order valence-electron chi connectivity index (χ4n) is 3.81. The zero-order valence-corrected chi connectivity index (χ0v) is 16.5. The molecule has 1 aliphatic rings. The molecule has 1 aliphatic carbocycles. The van der Waals surface area contributed by atoms with Gasteiger partial charge in [0.25, 0.3) is 11.5 Å². The van der Waals surface area contributed by atoms with Gasteiger partial charge in [-0.3, -0.25) is 14.3 Å². The number of aromatic nitrogens is 3. The molecule has 0 atom stereocenters. The molecule has 1 fully saturated rings. The summed E-state index contributed by atoms with van der Waals surface area (Å²) in [5.41, 5.74) is 0.997. The van der Waals surface area contributed by atoms with E-state index in [2.05, 4.69) is 10.4 Å². The predicted molar refractivity (Wildman–Crippen MR) is 109 cm³/mol. The Bertz CT molecular complexity index is 1110. The molecule has 2 aromatic heterocycles. The molecule has 1 aromatic carbocycles. The minimum absolute atomic E-state index is 0.207. The summed E-state index contributed by atoms with van der Waals surface area (Å²) in [6, 6.07) is 6.98. The third-order valence-electron chi connectivity index (χ3n) is 5.50. The van der Waals surface area contributed by atoms with Gasteiger partial charge in [0.05, 0.1) is 30.3 Å². The van der Waals surface area contributed by atoms with Crippen LogP contribution in [-0.2, 0) is 7.05 Å². The number of carbonyl (C=O) groups excluding carboxylic acids is 1. The Morgan fingerprint density at radius 2 is 2.03 bits per heavy atom. The van der Waals surface area contributed by atoms with Crippen LogP contribution < -0.4 is 15.6 Å². The van der Waals surface area contributed by atoms with Crippen molar-refractivity contribution < 1.29 is 14.6 Å². The maximum atomic E-state index is 12.9. The lowest BCUT2D eigenvalue weighted by Crippen LogP contribution is -2.23. The molecule has 0 unspecified atom stereocenters. The van der Waals surface area contributed by atoms with E-state index in [9.17, 15) is 14.7 Å². The largest absolute Gasteiger partial charge is 0.496 e. The number of benzene rings is 1. The third-order valence-corrected chi connectivity index (χ3v) is 5.50. The minimum atomic E-state index is -0.416. The first-order chi connectivity index (χ1) is 14.0. The van der Waals surface area contributed by atoms with E-state index in [1.807, 2.05) is 10.9 Å². The van der Waals surface area contributed by atoms with E-state index in [-0.39, 0.29) is 23.4 Å². The van der Waals surface area contributed by atoms with Crippen molar-refractivity contribution >= 4 is 22.5 Å². The Kier molecular flexibility index (Phi) is 5.10. The van der Waals surface area contributed by atoms with Crippen molar-refractivity contribution in [2.75, 3.05) is 12.4 Å². The van der Waals surface area contributed by atoms with Crippen LogP contribution in [-0.4, -0.2) is 38.6 Å². The molecule has 0 aliphatic heterocycles. The quantitative estimate of drug-likeness (QED) is 0.706. The van der Waals surface area contributed by atoms with Gasteiger partial charge in [0.2, 0.25) is 0 Å². The van der Waals surface area contributed by atoms with Crippen LogP contribution in [0.5, 0.6) is 5.75 Å². The van der Waals surface area contributed by atoms with Crippen molar-refractivity contribution in [1.29, 1.82) is 0 Å². The maximum Gasteiger partial charge on any atom is 0.274 e. The Morgan fingerprint density at radius 1 is 1.28 bits per heavy atom. The van der Waals surface area contributed by atoms with Crippen molar-refractivity contribution in [3.8, 4) is 5.75 Å². The fourth-order valence-corrected chi connectivity index (χ4v) is 3.81. The zero-order chi connectivity index (χ0) is 20.5. The molecule has 0 radical (unpaired) electrons. The lowest BCUT2D eigenvalue weighted by Gasteiger charge is -2.25. The molecule has 2 N–H and O–H groups in total. The van der Waals surface area contributed by atoms with Crippen LogP contribution in [0.2, 0.25) is 0 Å². The Morgan fingerprint density at radius 3 is 2.76 bits per heavy atom. The van der Waals surface area contributed by atoms with Gasteiger partial charge in [-0.2, -0.15) is 5.10 Å².